The molecule has 2 aliphatic rings. The molecule has 0 amide bonds. The van der Waals surface area contributed by atoms with Gasteiger partial charge in [0.25, 0.3) is 0 Å². The van der Waals surface area contributed by atoms with Gasteiger partial charge in [-0.25, -0.2) is 0 Å². The van der Waals surface area contributed by atoms with E-state index < -0.39 is 0 Å². The molecule has 0 radical (unpaired) electrons. The summed E-state index contributed by atoms with van der Waals surface area (Å²) in [4.78, 5) is 12.5. The highest BCUT2D eigenvalue weighted by Gasteiger charge is 2.38. The molecular weight excluding hydrogens is 298 g/mol. The fourth-order valence-electron chi connectivity index (χ4n) is 4.55. The number of unbranched alkanes of at least 4 members (excludes halogenated alkanes) is 1. The quantitative estimate of drug-likeness (QED) is 0.555. The summed E-state index contributed by atoms with van der Waals surface area (Å²) >= 11 is 0. The van der Waals surface area contributed by atoms with E-state index in [0.29, 0.717) is 0 Å². The smallest absolute Gasteiger partial charge is 0.309 e. The first-order valence-corrected chi connectivity index (χ1v) is 10.2. The van der Waals surface area contributed by atoms with Crippen LogP contribution in [0.4, 0.5) is 0 Å². The van der Waals surface area contributed by atoms with Crippen LogP contribution < -0.4 is 0 Å². The first-order valence-electron chi connectivity index (χ1n) is 10.2. The van der Waals surface area contributed by atoms with Gasteiger partial charge in [0.05, 0.1) is 17.4 Å². The number of carbonyl (C=O) groups excluding carboxylic acids is 1. The van der Waals surface area contributed by atoms with Crippen LogP contribution in [0.2, 0.25) is 0 Å². The molecule has 0 aromatic heterocycles. The lowest BCUT2D eigenvalue weighted by atomic mass is 9.69. The minimum Gasteiger partial charge on any atom is -0.462 e. The van der Waals surface area contributed by atoms with E-state index in [0.717, 1.165) is 63.7 Å². The maximum atomic E-state index is 12.5. The lowest BCUT2D eigenvalue weighted by Crippen LogP contribution is -2.33. The molecule has 0 bridgehead atoms. The summed E-state index contributed by atoms with van der Waals surface area (Å²) in [6, 6.07) is 2.56. The van der Waals surface area contributed by atoms with Gasteiger partial charge < -0.3 is 4.74 Å². The van der Waals surface area contributed by atoms with Gasteiger partial charge in [-0.1, -0.05) is 39.5 Å². The molecule has 136 valence electrons. The van der Waals surface area contributed by atoms with Gasteiger partial charge in [-0.3, -0.25) is 4.79 Å². The molecule has 0 aromatic carbocycles. The van der Waals surface area contributed by atoms with Crippen LogP contribution in [0.15, 0.2) is 0 Å². The van der Waals surface area contributed by atoms with Gasteiger partial charge in [0, 0.05) is 0 Å². The number of carbonyl (C=O) groups is 1. The topological polar surface area (TPSA) is 50.1 Å². The third-order valence-electron chi connectivity index (χ3n) is 6.30. The predicted octanol–water partition coefficient (Wildman–Crippen LogP) is 5.78. The molecule has 2 aliphatic carbocycles. The first kappa shape index (κ1) is 19.3. The Kier molecular flexibility index (Phi) is 7.59. The molecule has 0 saturated heterocycles. The second kappa shape index (κ2) is 9.44. The lowest BCUT2D eigenvalue weighted by molar-refractivity contribution is -0.157. The van der Waals surface area contributed by atoms with Crippen LogP contribution >= 0.6 is 0 Å². The van der Waals surface area contributed by atoms with Crippen LogP contribution in [0.3, 0.4) is 0 Å². The lowest BCUT2D eigenvalue weighted by Gasteiger charge is -2.35. The van der Waals surface area contributed by atoms with Gasteiger partial charge in [-0.15, -0.1) is 0 Å². The summed E-state index contributed by atoms with van der Waals surface area (Å²) in [7, 11) is 0. The van der Waals surface area contributed by atoms with Crippen LogP contribution in [0, 0.1) is 28.6 Å². The average molecular weight is 334 g/mol. The van der Waals surface area contributed by atoms with E-state index >= 15 is 0 Å². The van der Waals surface area contributed by atoms with Crippen molar-refractivity contribution in [1.29, 1.82) is 5.26 Å². The number of esters is 1. The van der Waals surface area contributed by atoms with Crippen molar-refractivity contribution >= 4 is 5.97 Å². The van der Waals surface area contributed by atoms with E-state index in [9.17, 15) is 10.1 Å². The molecule has 0 heterocycles. The van der Waals surface area contributed by atoms with Crippen molar-refractivity contribution in [3.05, 3.63) is 0 Å². The van der Waals surface area contributed by atoms with Crippen molar-refractivity contribution in [3.63, 3.8) is 0 Å². The molecular formula is C21H35NO2. The maximum absolute atomic E-state index is 12.5. The Labute approximate surface area is 148 Å². The zero-order valence-corrected chi connectivity index (χ0v) is 15.7. The fourth-order valence-corrected chi connectivity index (χ4v) is 4.55. The van der Waals surface area contributed by atoms with E-state index in [1.165, 1.54) is 25.7 Å². The standard InChI is InChI=1S/C21H35NO2/c1-3-5-13-21(16-22)14-11-18(12-15-21)20(23)24-19-9-7-17(6-4-2)8-10-19/h17-19H,3-15H2,1-2H3/t17?,18-,19?,21-. The van der Waals surface area contributed by atoms with Gasteiger partial charge in [0.2, 0.25) is 0 Å². The molecule has 2 rings (SSSR count). The van der Waals surface area contributed by atoms with Gasteiger partial charge in [-0.05, 0) is 63.7 Å². The highest BCUT2D eigenvalue weighted by Crippen LogP contribution is 2.43. The number of rotatable bonds is 7. The fraction of sp³-hybridized carbons (Fsp3) is 0.905. The minimum atomic E-state index is -0.176. The number of nitrogens with zero attached hydrogens (tertiary/aromatic N) is 1. The van der Waals surface area contributed by atoms with Gasteiger partial charge in [0.1, 0.15) is 6.10 Å². The highest BCUT2D eigenvalue weighted by molar-refractivity contribution is 5.72. The third kappa shape index (κ3) is 5.23. The summed E-state index contributed by atoms with van der Waals surface area (Å²) < 4.78 is 5.82. The molecule has 2 fully saturated rings. The molecule has 2 saturated carbocycles. The van der Waals surface area contributed by atoms with E-state index in [-0.39, 0.29) is 23.4 Å². The Balaban J connectivity index is 1.74. The van der Waals surface area contributed by atoms with E-state index in [1.807, 2.05) is 0 Å². The van der Waals surface area contributed by atoms with Crippen LogP contribution in [0.5, 0.6) is 0 Å². The molecule has 0 aliphatic heterocycles. The summed E-state index contributed by atoms with van der Waals surface area (Å²) in [5.74, 6) is 0.881. The summed E-state index contributed by atoms with van der Waals surface area (Å²) in [5, 5.41) is 9.56. The second-order valence-electron chi connectivity index (χ2n) is 8.14. The molecule has 0 aromatic rings. The van der Waals surface area contributed by atoms with Gasteiger partial charge in [-0.2, -0.15) is 5.26 Å². The van der Waals surface area contributed by atoms with Gasteiger partial charge in [0.15, 0.2) is 0 Å². The van der Waals surface area contributed by atoms with Crippen molar-refractivity contribution in [1.82, 2.24) is 0 Å². The summed E-state index contributed by atoms with van der Waals surface area (Å²) in [6.45, 7) is 4.42. The van der Waals surface area contributed by atoms with Crippen LogP contribution in [0.1, 0.15) is 97.3 Å². The number of nitriles is 1. The van der Waals surface area contributed by atoms with Crippen molar-refractivity contribution in [2.24, 2.45) is 17.3 Å². The monoisotopic (exact) mass is 333 g/mol. The molecule has 0 atom stereocenters. The van der Waals surface area contributed by atoms with Crippen LogP contribution in [0.25, 0.3) is 0 Å². The number of ether oxygens (including phenoxy) is 1. The predicted molar refractivity (Wildman–Crippen MR) is 96.3 cm³/mol. The SMILES string of the molecule is CCCC[C@]1(C#N)CC[C@H](C(=O)OC2CCC(CCC)CC2)CC1. The summed E-state index contributed by atoms with van der Waals surface area (Å²) in [5.41, 5.74) is -0.176. The Morgan fingerprint density at radius 1 is 1.08 bits per heavy atom. The molecule has 3 heteroatoms. The zero-order valence-electron chi connectivity index (χ0n) is 15.7. The second-order valence-corrected chi connectivity index (χ2v) is 8.14. The maximum Gasteiger partial charge on any atom is 0.309 e. The normalized spacial score (nSPS) is 33.6. The van der Waals surface area contributed by atoms with E-state index in [2.05, 4.69) is 19.9 Å². The third-order valence-corrected chi connectivity index (χ3v) is 6.30. The Morgan fingerprint density at radius 3 is 2.29 bits per heavy atom. The van der Waals surface area contributed by atoms with E-state index in [4.69, 9.17) is 4.74 Å². The molecule has 0 unspecified atom stereocenters. The minimum absolute atomic E-state index is 0.0102. The van der Waals surface area contributed by atoms with Gasteiger partial charge >= 0.3 is 5.97 Å². The summed E-state index contributed by atoms with van der Waals surface area (Å²) in [6.07, 6.45) is 13.9. The Morgan fingerprint density at radius 2 is 1.75 bits per heavy atom. The highest BCUT2D eigenvalue weighted by atomic mass is 16.5. The molecule has 3 nitrogen and oxygen atoms in total. The van der Waals surface area contributed by atoms with Crippen molar-refractivity contribution < 1.29 is 9.53 Å². The average Bonchev–Trinajstić information content (AvgIpc) is 2.62. The van der Waals surface area contributed by atoms with Crippen molar-refractivity contribution in [2.75, 3.05) is 0 Å². The molecule has 0 N–H and O–H groups in total. The Bertz CT molecular complexity index is 424. The van der Waals surface area contributed by atoms with Crippen LogP contribution in [-0.4, -0.2) is 12.1 Å². The first-order chi connectivity index (χ1) is 11.6. The van der Waals surface area contributed by atoms with Crippen LogP contribution in [-0.2, 0) is 9.53 Å². The molecule has 0 spiro atoms. The Hall–Kier alpha value is -1.04. The zero-order chi connectivity index (χ0) is 17.4. The van der Waals surface area contributed by atoms with Crippen molar-refractivity contribution in [2.45, 2.75) is 103 Å². The molecule has 24 heavy (non-hydrogen) atoms. The number of hydrogen-bond donors (Lipinski definition) is 0. The number of hydrogen-bond acceptors (Lipinski definition) is 3. The van der Waals surface area contributed by atoms with E-state index in [1.54, 1.807) is 0 Å². The van der Waals surface area contributed by atoms with Crippen molar-refractivity contribution in [3.8, 4) is 6.07 Å². The largest absolute Gasteiger partial charge is 0.462 e.